The van der Waals surface area contributed by atoms with Crippen LogP contribution in [0.4, 0.5) is 0 Å². The van der Waals surface area contributed by atoms with Crippen LogP contribution in [-0.4, -0.2) is 51.3 Å². The van der Waals surface area contributed by atoms with E-state index >= 15 is 0 Å². The Morgan fingerprint density at radius 2 is 1.84 bits per heavy atom. The van der Waals surface area contributed by atoms with E-state index in [1.807, 2.05) is 0 Å². The van der Waals surface area contributed by atoms with Gasteiger partial charge in [0.15, 0.2) is 5.75 Å². The van der Waals surface area contributed by atoms with Gasteiger partial charge < -0.3 is 14.2 Å². The zero-order valence-corrected chi connectivity index (χ0v) is 21.4. The zero-order chi connectivity index (χ0) is 27.0. The van der Waals surface area contributed by atoms with E-state index in [0.29, 0.717) is 5.69 Å². The first-order chi connectivity index (χ1) is 17.5. The summed E-state index contributed by atoms with van der Waals surface area (Å²) in [6, 6.07) is 2.76. The van der Waals surface area contributed by atoms with Crippen molar-refractivity contribution in [1.29, 1.82) is 0 Å². The number of halogens is 1. The molecule has 0 saturated carbocycles. The molecule has 3 heterocycles. The molecular formula is C25H22ClN3O8. The molecule has 0 amide bonds. The number of rotatable bonds is 4. The molecule has 0 fully saturated rings. The summed E-state index contributed by atoms with van der Waals surface area (Å²) in [7, 11) is 4.19. The summed E-state index contributed by atoms with van der Waals surface area (Å²) >= 11 is 6.45. The normalized spacial score (nSPS) is 20.1. The number of nitrogens with zero attached hydrogens (tertiary/aromatic N) is 3. The monoisotopic (exact) mass is 527 g/mol. The van der Waals surface area contributed by atoms with E-state index in [-0.39, 0.29) is 50.9 Å². The van der Waals surface area contributed by atoms with Crippen molar-refractivity contribution in [3.05, 3.63) is 54.8 Å². The van der Waals surface area contributed by atoms with Crippen LogP contribution in [0.15, 0.2) is 21.7 Å². The number of benzene rings is 1. The van der Waals surface area contributed by atoms with Gasteiger partial charge >= 0.3 is 5.69 Å². The molecule has 0 bridgehead atoms. The van der Waals surface area contributed by atoms with Crippen molar-refractivity contribution in [2.24, 2.45) is 13.0 Å². The minimum absolute atomic E-state index is 0.0129. The highest BCUT2D eigenvalue weighted by Gasteiger charge is 2.62. The number of pyridine rings is 1. The van der Waals surface area contributed by atoms with Gasteiger partial charge in [-0.15, -0.1) is 0 Å². The van der Waals surface area contributed by atoms with Crippen LogP contribution in [0.5, 0.6) is 17.2 Å². The van der Waals surface area contributed by atoms with Crippen LogP contribution in [-0.2, 0) is 24.8 Å². The van der Waals surface area contributed by atoms with E-state index in [1.165, 1.54) is 40.3 Å². The van der Waals surface area contributed by atoms with Crippen LogP contribution in [0.1, 0.15) is 40.3 Å². The Balaban J connectivity index is 1.74. The highest BCUT2D eigenvalue weighted by molar-refractivity contribution is 6.36. The number of hydrogen-bond acceptors (Lipinski definition) is 9. The van der Waals surface area contributed by atoms with Crippen LogP contribution >= 0.6 is 11.6 Å². The number of aryl methyl sites for hydroxylation is 1. The molecule has 2 aliphatic rings. The molecule has 3 aromatic rings. The van der Waals surface area contributed by atoms with Crippen molar-refractivity contribution in [2.75, 3.05) is 14.2 Å². The summed E-state index contributed by atoms with van der Waals surface area (Å²) in [6.45, 7) is 2.51. The number of aromatic nitrogens is 3. The van der Waals surface area contributed by atoms with Crippen molar-refractivity contribution in [3.63, 3.8) is 0 Å². The molecule has 1 spiro atoms. The molecule has 2 atom stereocenters. The van der Waals surface area contributed by atoms with Crippen molar-refractivity contribution >= 4 is 40.0 Å². The van der Waals surface area contributed by atoms with Gasteiger partial charge in [0.1, 0.15) is 33.5 Å². The molecule has 0 N–H and O–H groups in total. The summed E-state index contributed by atoms with van der Waals surface area (Å²) in [5, 5.41) is -0.0199. The maximum absolute atomic E-state index is 14.0. The topological polar surface area (TPSA) is 136 Å². The first kappa shape index (κ1) is 24.7. The second-order valence-corrected chi connectivity index (χ2v) is 9.57. The predicted molar refractivity (Wildman–Crippen MR) is 131 cm³/mol. The second-order valence-electron chi connectivity index (χ2n) is 9.19. The van der Waals surface area contributed by atoms with Crippen molar-refractivity contribution in [2.45, 2.75) is 32.4 Å². The number of ketones is 3. The Hall–Kier alpha value is -3.99. The lowest BCUT2D eigenvalue weighted by Gasteiger charge is -2.36. The van der Waals surface area contributed by atoms with Crippen LogP contribution in [0.3, 0.4) is 0 Å². The molecule has 12 heteroatoms. The lowest BCUT2D eigenvalue weighted by Crippen LogP contribution is -2.57. The van der Waals surface area contributed by atoms with Crippen LogP contribution in [0.25, 0.3) is 11.0 Å². The number of ether oxygens (including phenoxy) is 3. The van der Waals surface area contributed by atoms with Crippen molar-refractivity contribution in [3.8, 4) is 17.2 Å². The predicted octanol–water partition coefficient (Wildman–Crippen LogP) is 1.74. The number of carbonyl (C=O) groups is 3. The molecule has 1 aromatic carbocycles. The Bertz CT molecular complexity index is 1690. The average molecular weight is 528 g/mol. The van der Waals surface area contributed by atoms with Crippen molar-refractivity contribution in [1.82, 2.24) is 14.1 Å². The van der Waals surface area contributed by atoms with E-state index in [9.17, 15) is 24.0 Å². The van der Waals surface area contributed by atoms with Gasteiger partial charge in [-0.05, 0) is 19.4 Å². The molecule has 0 saturated heterocycles. The van der Waals surface area contributed by atoms with E-state index in [4.69, 9.17) is 25.8 Å². The third kappa shape index (κ3) is 3.19. The summed E-state index contributed by atoms with van der Waals surface area (Å²) in [5.74, 6) is -2.06. The molecule has 2 aromatic heterocycles. The number of Topliss-reactive ketones (excluding diaryl/α,β-unsaturated/α-hetero) is 3. The smallest absolute Gasteiger partial charge is 0.332 e. The third-order valence-electron chi connectivity index (χ3n) is 6.97. The number of carbonyl (C=O) groups excluding carboxylic acids is 3. The number of methoxy groups -OCH3 is 2. The molecule has 1 aliphatic carbocycles. The first-order valence-electron chi connectivity index (χ1n) is 11.3. The fraction of sp³-hybridized carbons (Fsp3) is 0.360. The summed E-state index contributed by atoms with van der Waals surface area (Å²) < 4.78 is 18.7. The Morgan fingerprint density at radius 3 is 2.46 bits per heavy atom. The fourth-order valence-electron chi connectivity index (χ4n) is 5.10. The lowest BCUT2D eigenvalue weighted by atomic mass is 9.71. The fourth-order valence-corrected chi connectivity index (χ4v) is 5.37. The summed E-state index contributed by atoms with van der Waals surface area (Å²) in [6.07, 6.45) is 0.137. The standard InChI is InChI=1S/C25H22ClN3O8/c1-10-6-14-12(7-13-22(27-14)28(3)24(34)29(23(13)33)9-11(2)30)20(31)25(10)21(32)17-15(35-4)8-16(36-5)18(26)19(17)37-25/h7-8,10H,6,9H2,1-5H3. The van der Waals surface area contributed by atoms with Gasteiger partial charge in [-0.2, -0.15) is 0 Å². The van der Waals surface area contributed by atoms with Gasteiger partial charge in [-0.1, -0.05) is 18.5 Å². The van der Waals surface area contributed by atoms with Gasteiger partial charge in [-0.3, -0.25) is 28.3 Å². The summed E-state index contributed by atoms with van der Waals surface area (Å²) in [4.78, 5) is 69.9. The summed E-state index contributed by atoms with van der Waals surface area (Å²) in [5.41, 5.74) is -3.01. The highest BCUT2D eigenvalue weighted by Crippen LogP contribution is 2.53. The maximum atomic E-state index is 14.0. The van der Waals surface area contributed by atoms with Gasteiger partial charge in [0.25, 0.3) is 5.56 Å². The molecule has 11 nitrogen and oxygen atoms in total. The number of fused-ring (bicyclic) bond motifs is 3. The Kier molecular flexibility index (Phi) is 5.52. The molecular weight excluding hydrogens is 506 g/mol. The Labute approximate surface area is 214 Å². The van der Waals surface area contributed by atoms with Crippen LogP contribution < -0.4 is 25.5 Å². The minimum atomic E-state index is -1.97. The Morgan fingerprint density at radius 1 is 1.16 bits per heavy atom. The molecule has 0 radical (unpaired) electrons. The lowest BCUT2D eigenvalue weighted by molar-refractivity contribution is -0.117. The number of hydrogen-bond donors (Lipinski definition) is 0. The van der Waals surface area contributed by atoms with Gasteiger partial charge in [0.2, 0.25) is 17.2 Å². The quantitative estimate of drug-likeness (QED) is 0.465. The van der Waals surface area contributed by atoms with Gasteiger partial charge in [0.05, 0.1) is 31.8 Å². The van der Waals surface area contributed by atoms with E-state index in [0.717, 1.165) is 9.13 Å². The molecule has 192 valence electrons. The third-order valence-corrected chi connectivity index (χ3v) is 7.33. The molecule has 1 aliphatic heterocycles. The van der Waals surface area contributed by atoms with Gasteiger partial charge in [0, 0.05) is 24.6 Å². The minimum Gasteiger partial charge on any atom is -0.496 e. The van der Waals surface area contributed by atoms with E-state index in [1.54, 1.807) is 6.92 Å². The molecule has 5 rings (SSSR count). The van der Waals surface area contributed by atoms with Crippen LogP contribution in [0.2, 0.25) is 5.02 Å². The van der Waals surface area contributed by atoms with Crippen molar-refractivity contribution < 1.29 is 28.6 Å². The van der Waals surface area contributed by atoms with E-state index < -0.39 is 46.7 Å². The average Bonchev–Trinajstić information content (AvgIpc) is 3.18. The highest BCUT2D eigenvalue weighted by atomic mass is 35.5. The zero-order valence-electron chi connectivity index (χ0n) is 20.6. The van der Waals surface area contributed by atoms with Crippen LogP contribution in [0, 0.1) is 5.92 Å². The maximum Gasteiger partial charge on any atom is 0.332 e. The largest absolute Gasteiger partial charge is 0.496 e. The molecule has 37 heavy (non-hydrogen) atoms. The van der Waals surface area contributed by atoms with E-state index in [2.05, 4.69) is 4.98 Å². The SMILES string of the molecule is COc1cc(OC)c2c(c1Cl)OC1(C(=O)c3cc4c(=O)n(CC(C)=O)c(=O)n(C)c4nc3CC1C)C2=O. The van der Waals surface area contributed by atoms with Gasteiger partial charge in [-0.25, -0.2) is 9.78 Å². The second kappa shape index (κ2) is 8.27. The molecule has 2 unspecified atom stereocenters. The first-order valence-corrected chi connectivity index (χ1v) is 11.7.